The van der Waals surface area contributed by atoms with E-state index in [-0.39, 0.29) is 17.5 Å². The van der Waals surface area contributed by atoms with Crippen molar-refractivity contribution >= 4 is 5.95 Å². The summed E-state index contributed by atoms with van der Waals surface area (Å²) in [7, 11) is 1.60. The predicted molar refractivity (Wildman–Crippen MR) is 96.3 cm³/mol. The molecule has 25 heavy (non-hydrogen) atoms. The van der Waals surface area contributed by atoms with Gasteiger partial charge in [-0.2, -0.15) is 5.10 Å². The number of methoxy groups -OCH3 is 1. The predicted octanol–water partition coefficient (Wildman–Crippen LogP) is 2.54. The zero-order valence-corrected chi connectivity index (χ0v) is 14.3. The van der Waals surface area contributed by atoms with Gasteiger partial charge in [0.05, 0.1) is 24.5 Å². The maximum Gasteiger partial charge on any atom is 0.267 e. The van der Waals surface area contributed by atoms with Gasteiger partial charge in [0.2, 0.25) is 5.95 Å². The summed E-state index contributed by atoms with van der Waals surface area (Å²) < 4.78 is 6.86. The molecule has 3 rings (SSSR count). The van der Waals surface area contributed by atoms with Crippen LogP contribution in [-0.4, -0.2) is 26.9 Å². The van der Waals surface area contributed by atoms with Gasteiger partial charge in [-0.15, -0.1) is 0 Å². The number of anilines is 1. The Morgan fingerprint density at radius 3 is 2.60 bits per heavy atom. The van der Waals surface area contributed by atoms with Crippen LogP contribution in [0.1, 0.15) is 19.9 Å². The minimum absolute atomic E-state index is 0.0585. The van der Waals surface area contributed by atoms with E-state index in [9.17, 15) is 4.79 Å². The highest BCUT2D eigenvalue weighted by Gasteiger charge is 2.16. The Kier molecular flexibility index (Phi) is 4.47. The molecule has 0 saturated heterocycles. The summed E-state index contributed by atoms with van der Waals surface area (Å²) >= 11 is 0. The number of hydrogen-bond donors (Lipinski definition) is 1. The molecule has 0 unspecified atom stereocenters. The van der Waals surface area contributed by atoms with Crippen molar-refractivity contribution in [3.63, 3.8) is 0 Å². The van der Waals surface area contributed by atoms with Gasteiger partial charge in [-0.3, -0.25) is 4.79 Å². The molecular weight excluding hydrogens is 318 g/mol. The van der Waals surface area contributed by atoms with E-state index in [1.54, 1.807) is 19.4 Å². The molecule has 0 aliphatic heterocycles. The lowest BCUT2D eigenvalue weighted by atomic mass is 10.0. The van der Waals surface area contributed by atoms with Crippen LogP contribution in [0.5, 0.6) is 5.75 Å². The number of para-hydroxylation sites is 1. The lowest BCUT2D eigenvalue weighted by Gasteiger charge is -2.14. The summed E-state index contributed by atoms with van der Waals surface area (Å²) in [6.07, 6.45) is 1.61. The largest absolute Gasteiger partial charge is 0.496 e. The first-order valence-corrected chi connectivity index (χ1v) is 7.87. The van der Waals surface area contributed by atoms with Crippen LogP contribution in [-0.2, 0) is 0 Å². The standard InChI is InChI=1S/C18H19N5O2/c1-11(2)23-16(24)9-8-14(22-23)13-10-20-18(19)21-17(13)12-6-4-5-7-15(12)25-3/h4-11H,1-3H3,(H2,19,20,21). The number of hydrogen-bond acceptors (Lipinski definition) is 6. The van der Waals surface area contributed by atoms with E-state index in [1.165, 1.54) is 10.7 Å². The van der Waals surface area contributed by atoms with Crippen molar-refractivity contribution in [3.05, 3.63) is 52.9 Å². The normalized spacial score (nSPS) is 10.9. The van der Waals surface area contributed by atoms with Crippen LogP contribution in [0.2, 0.25) is 0 Å². The first kappa shape index (κ1) is 16.6. The molecule has 7 nitrogen and oxygen atoms in total. The smallest absolute Gasteiger partial charge is 0.267 e. The van der Waals surface area contributed by atoms with Crippen molar-refractivity contribution in [2.45, 2.75) is 19.9 Å². The van der Waals surface area contributed by atoms with Crippen molar-refractivity contribution < 1.29 is 4.74 Å². The van der Waals surface area contributed by atoms with Gasteiger partial charge >= 0.3 is 0 Å². The molecular formula is C18H19N5O2. The van der Waals surface area contributed by atoms with Gasteiger partial charge in [-0.1, -0.05) is 12.1 Å². The van der Waals surface area contributed by atoms with E-state index in [1.807, 2.05) is 38.1 Å². The SMILES string of the molecule is COc1ccccc1-c1nc(N)ncc1-c1ccc(=O)n(C(C)C)n1. The number of nitrogens with zero attached hydrogens (tertiary/aromatic N) is 4. The van der Waals surface area contributed by atoms with E-state index in [4.69, 9.17) is 10.5 Å². The lowest BCUT2D eigenvalue weighted by Crippen LogP contribution is -2.24. The van der Waals surface area contributed by atoms with Gasteiger partial charge in [0.15, 0.2) is 0 Å². The fourth-order valence-corrected chi connectivity index (χ4v) is 2.57. The van der Waals surface area contributed by atoms with Crippen molar-refractivity contribution in [1.29, 1.82) is 0 Å². The molecule has 0 bridgehead atoms. The summed E-state index contributed by atoms with van der Waals surface area (Å²) in [6, 6.07) is 10.6. The molecule has 0 amide bonds. The second-order valence-electron chi connectivity index (χ2n) is 5.79. The van der Waals surface area contributed by atoms with Crippen LogP contribution in [0.25, 0.3) is 22.5 Å². The maximum atomic E-state index is 12.0. The van der Waals surface area contributed by atoms with Crippen LogP contribution in [0.4, 0.5) is 5.95 Å². The number of ether oxygens (including phenoxy) is 1. The average Bonchev–Trinajstić information content (AvgIpc) is 2.62. The lowest BCUT2D eigenvalue weighted by molar-refractivity contribution is 0.416. The van der Waals surface area contributed by atoms with Crippen LogP contribution in [0.15, 0.2) is 47.4 Å². The zero-order chi connectivity index (χ0) is 18.0. The molecule has 0 aliphatic rings. The monoisotopic (exact) mass is 337 g/mol. The molecule has 0 saturated carbocycles. The molecule has 0 fully saturated rings. The van der Waals surface area contributed by atoms with Gasteiger partial charge in [-0.25, -0.2) is 14.6 Å². The molecule has 2 aromatic heterocycles. The Morgan fingerprint density at radius 1 is 1.12 bits per heavy atom. The van der Waals surface area contributed by atoms with Gasteiger partial charge in [0.1, 0.15) is 5.75 Å². The van der Waals surface area contributed by atoms with Crippen molar-refractivity contribution in [2.24, 2.45) is 0 Å². The minimum atomic E-state index is -0.158. The minimum Gasteiger partial charge on any atom is -0.496 e. The zero-order valence-electron chi connectivity index (χ0n) is 14.3. The van der Waals surface area contributed by atoms with Crippen molar-refractivity contribution in [3.8, 4) is 28.3 Å². The summed E-state index contributed by atoms with van der Waals surface area (Å²) in [5, 5.41) is 4.46. The van der Waals surface area contributed by atoms with E-state index in [0.717, 1.165) is 5.56 Å². The molecule has 2 heterocycles. The fourth-order valence-electron chi connectivity index (χ4n) is 2.57. The summed E-state index contributed by atoms with van der Waals surface area (Å²) in [6.45, 7) is 3.80. The highest BCUT2D eigenvalue weighted by Crippen LogP contribution is 2.34. The number of nitrogen functional groups attached to an aromatic ring is 1. The first-order valence-electron chi connectivity index (χ1n) is 7.87. The highest BCUT2D eigenvalue weighted by molar-refractivity contribution is 5.81. The molecule has 1 aromatic carbocycles. The first-order chi connectivity index (χ1) is 12.0. The second-order valence-corrected chi connectivity index (χ2v) is 5.79. The Bertz CT molecular complexity index is 966. The Hall–Kier alpha value is -3.22. The van der Waals surface area contributed by atoms with Gasteiger partial charge < -0.3 is 10.5 Å². The summed E-state index contributed by atoms with van der Waals surface area (Å²) in [5.74, 6) is 0.820. The van der Waals surface area contributed by atoms with Crippen LogP contribution >= 0.6 is 0 Å². The maximum absolute atomic E-state index is 12.0. The molecule has 2 N–H and O–H groups in total. The van der Waals surface area contributed by atoms with Crippen LogP contribution in [0, 0.1) is 0 Å². The van der Waals surface area contributed by atoms with E-state index < -0.39 is 0 Å². The third kappa shape index (κ3) is 3.21. The van der Waals surface area contributed by atoms with Gasteiger partial charge in [0, 0.05) is 23.4 Å². The van der Waals surface area contributed by atoms with E-state index in [2.05, 4.69) is 15.1 Å². The Morgan fingerprint density at radius 2 is 1.88 bits per heavy atom. The van der Waals surface area contributed by atoms with Crippen LogP contribution in [0.3, 0.4) is 0 Å². The number of benzene rings is 1. The average molecular weight is 337 g/mol. The number of nitrogens with two attached hydrogens (primary N) is 1. The molecule has 7 heteroatoms. The number of rotatable bonds is 4. The van der Waals surface area contributed by atoms with E-state index >= 15 is 0 Å². The molecule has 0 radical (unpaired) electrons. The third-order valence-corrected chi connectivity index (χ3v) is 3.76. The summed E-state index contributed by atoms with van der Waals surface area (Å²) in [5.41, 5.74) is 8.28. The van der Waals surface area contributed by atoms with Crippen LogP contribution < -0.4 is 16.0 Å². The third-order valence-electron chi connectivity index (χ3n) is 3.76. The topological polar surface area (TPSA) is 95.9 Å². The van der Waals surface area contributed by atoms with Gasteiger partial charge in [-0.05, 0) is 32.0 Å². The Labute approximate surface area is 145 Å². The summed E-state index contributed by atoms with van der Waals surface area (Å²) in [4.78, 5) is 20.5. The Balaban J connectivity index is 2.25. The second kappa shape index (κ2) is 6.72. The highest BCUT2D eigenvalue weighted by atomic mass is 16.5. The quantitative estimate of drug-likeness (QED) is 0.786. The molecule has 0 spiro atoms. The molecule has 0 atom stereocenters. The molecule has 0 aliphatic carbocycles. The van der Waals surface area contributed by atoms with Gasteiger partial charge in [0.25, 0.3) is 5.56 Å². The fraction of sp³-hybridized carbons (Fsp3) is 0.222. The molecule has 3 aromatic rings. The number of aromatic nitrogens is 4. The van der Waals surface area contributed by atoms with Crippen molar-refractivity contribution in [2.75, 3.05) is 12.8 Å². The van der Waals surface area contributed by atoms with E-state index in [0.29, 0.717) is 22.7 Å². The molecule has 128 valence electrons. The van der Waals surface area contributed by atoms with Crippen molar-refractivity contribution in [1.82, 2.24) is 19.7 Å².